The lowest BCUT2D eigenvalue weighted by molar-refractivity contribution is -0.136. The Labute approximate surface area is 206 Å². The smallest absolute Gasteiger partial charge is 0.390 e. The van der Waals surface area contributed by atoms with Crippen LogP contribution < -0.4 is 16.0 Å². The van der Waals surface area contributed by atoms with Crippen LogP contribution in [0, 0.1) is 6.92 Å². The first-order valence-corrected chi connectivity index (χ1v) is 11.5. The second kappa shape index (κ2) is 9.61. The van der Waals surface area contributed by atoms with E-state index in [4.69, 9.17) is 4.74 Å². The second-order valence-corrected chi connectivity index (χ2v) is 9.22. The third-order valence-electron chi connectivity index (χ3n) is 5.41. The molecule has 0 saturated heterocycles. The Balaban J connectivity index is 1.62. The van der Waals surface area contributed by atoms with Gasteiger partial charge in [-0.25, -0.2) is 9.78 Å². The lowest BCUT2D eigenvalue weighted by Gasteiger charge is -2.11. The zero-order chi connectivity index (χ0) is 26.2. The maximum Gasteiger partial charge on any atom is 0.390 e. The molecule has 3 aromatic heterocycles. The van der Waals surface area contributed by atoms with E-state index in [9.17, 15) is 27.6 Å². The summed E-state index contributed by atoms with van der Waals surface area (Å²) < 4.78 is 45.0. The van der Waals surface area contributed by atoms with E-state index in [-0.39, 0.29) is 22.0 Å². The van der Waals surface area contributed by atoms with Crippen LogP contribution in [0.3, 0.4) is 0 Å². The second-order valence-electron chi connectivity index (χ2n) is 8.22. The first-order valence-electron chi connectivity index (χ1n) is 10.7. The van der Waals surface area contributed by atoms with E-state index in [0.717, 1.165) is 15.9 Å². The fraction of sp³-hybridized carbons (Fsp3) is 0.250. The standard InChI is InChI=1S/C24H21F3N4O4S/c1-13-18-20(32)29-23(34)31(11-10-24(25,26)27)22(18)36-19(13)15-6-9-17(28-12-15)35-16-7-4-14(5-8-16)21(33)30(2)3/h4-9,12H,10-11H2,1-3H3,(H,29,32,34). The van der Waals surface area contributed by atoms with E-state index in [1.54, 1.807) is 57.4 Å². The summed E-state index contributed by atoms with van der Waals surface area (Å²) in [5, 5.41) is 0.171. The number of thiophene rings is 1. The van der Waals surface area contributed by atoms with Gasteiger partial charge in [0.25, 0.3) is 11.5 Å². The molecule has 0 fully saturated rings. The van der Waals surface area contributed by atoms with Crippen LogP contribution in [-0.2, 0) is 6.54 Å². The van der Waals surface area contributed by atoms with Gasteiger partial charge in [-0.1, -0.05) is 0 Å². The number of pyridine rings is 1. The van der Waals surface area contributed by atoms with Gasteiger partial charge in [-0.05, 0) is 42.8 Å². The molecule has 8 nitrogen and oxygen atoms in total. The van der Waals surface area contributed by atoms with Crippen LogP contribution in [0.15, 0.2) is 52.2 Å². The van der Waals surface area contributed by atoms with Gasteiger partial charge in [0.2, 0.25) is 5.88 Å². The van der Waals surface area contributed by atoms with E-state index in [0.29, 0.717) is 27.3 Å². The normalized spacial score (nSPS) is 11.6. The van der Waals surface area contributed by atoms with Gasteiger partial charge < -0.3 is 9.64 Å². The summed E-state index contributed by atoms with van der Waals surface area (Å²) in [6.45, 7) is 1.07. The van der Waals surface area contributed by atoms with E-state index in [1.807, 2.05) is 0 Å². The molecule has 0 radical (unpaired) electrons. The number of hydrogen-bond acceptors (Lipinski definition) is 6. The van der Waals surface area contributed by atoms with Crippen molar-refractivity contribution < 1.29 is 22.7 Å². The fourth-order valence-electron chi connectivity index (χ4n) is 3.61. The molecule has 188 valence electrons. The van der Waals surface area contributed by atoms with Crippen LogP contribution in [0.25, 0.3) is 20.7 Å². The highest BCUT2D eigenvalue weighted by molar-refractivity contribution is 7.22. The number of nitrogens with one attached hydrogen (secondary N) is 1. The summed E-state index contributed by atoms with van der Waals surface area (Å²) in [6, 6.07) is 9.89. The van der Waals surface area contributed by atoms with E-state index >= 15 is 0 Å². The minimum absolute atomic E-state index is 0.134. The lowest BCUT2D eigenvalue weighted by Crippen LogP contribution is -2.31. The van der Waals surface area contributed by atoms with Crippen molar-refractivity contribution in [2.24, 2.45) is 0 Å². The minimum Gasteiger partial charge on any atom is -0.439 e. The number of nitrogens with zero attached hydrogens (tertiary/aromatic N) is 3. The number of carbonyl (C=O) groups is 1. The summed E-state index contributed by atoms with van der Waals surface area (Å²) in [5.41, 5.74) is 0.127. The quantitative estimate of drug-likeness (QED) is 0.403. The number of hydrogen-bond donors (Lipinski definition) is 1. The Kier molecular flexibility index (Phi) is 6.72. The summed E-state index contributed by atoms with van der Waals surface area (Å²) in [5.74, 6) is 0.623. The number of fused-ring (bicyclic) bond motifs is 1. The van der Waals surface area contributed by atoms with Gasteiger partial charge in [0.15, 0.2) is 0 Å². The highest BCUT2D eigenvalue weighted by Crippen LogP contribution is 2.37. The molecule has 0 aliphatic heterocycles. The van der Waals surface area contributed by atoms with Crippen LogP contribution in [-0.4, -0.2) is 45.6 Å². The summed E-state index contributed by atoms with van der Waals surface area (Å²) in [4.78, 5) is 45.3. The Hall–Kier alpha value is -3.93. The molecule has 0 bridgehead atoms. The molecular weight excluding hydrogens is 497 g/mol. The Morgan fingerprint density at radius 1 is 1.14 bits per heavy atom. The number of ether oxygens (including phenoxy) is 1. The molecule has 12 heteroatoms. The van der Waals surface area contributed by atoms with E-state index in [2.05, 4.69) is 9.97 Å². The molecule has 0 atom stereocenters. The van der Waals surface area contributed by atoms with Crippen molar-refractivity contribution in [3.05, 3.63) is 74.6 Å². The summed E-state index contributed by atoms with van der Waals surface area (Å²) >= 11 is 1.06. The third kappa shape index (κ3) is 5.18. The van der Waals surface area contributed by atoms with Gasteiger partial charge in [-0.15, -0.1) is 11.3 Å². The average molecular weight is 519 g/mol. The third-order valence-corrected chi connectivity index (χ3v) is 6.78. The number of carbonyl (C=O) groups excluding carboxylic acids is 1. The van der Waals surface area contributed by atoms with Crippen molar-refractivity contribution in [3.63, 3.8) is 0 Å². The number of aromatic amines is 1. The first-order chi connectivity index (χ1) is 16.9. The lowest BCUT2D eigenvalue weighted by atomic mass is 10.1. The van der Waals surface area contributed by atoms with Crippen molar-refractivity contribution in [2.45, 2.75) is 26.1 Å². The van der Waals surface area contributed by atoms with Crippen LogP contribution in [0.1, 0.15) is 22.3 Å². The predicted octanol–water partition coefficient (Wildman–Crippen LogP) is 4.57. The number of rotatable bonds is 6. The highest BCUT2D eigenvalue weighted by Gasteiger charge is 2.28. The zero-order valence-electron chi connectivity index (χ0n) is 19.5. The number of aryl methyl sites for hydroxylation is 2. The van der Waals surface area contributed by atoms with Crippen molar-refractivity contribution in [1.29, 1.82) is 0 Å². The summed E-state index contributed by atoms with van der Waals surface area (Å²) in [6.07, 6.45) is -4.12. The van der Waals surface area contributed by atoms with Gasteiger partial charge >= 0.3 is 11.9 Å². The van der Waals surface area contributed by atoms with Gasteiger partial charge in [0.05, 0.1) is 11.8 Å². The maximum absolute atomic E-state index is 12.8. The predicted molar refractivity (Wildman–Crippen MR) is 130 cm³/mol. The molecule has 1 N–H and O–H groups in total. The van der Waals surface area contributed by atoms with Crippen molar-refractivity contribution in [2.75, 3.05) is 14.1 Å². The van der Waals surface area contributed by atoms with Gasteiger partial charge in [-0.2, -0.15) is 13.2 Å². The molecule has 0 aliphatic rings. The zero-order valence-corrected chi connectivity index (χ0v) is 20.3. The molecule has 4 aromatic rings. The van der Waals surface area contributed by atoms with Gasteiger partial charge in [0.1, 0.15) is 10.6 Å². The minimum atomic E-state index is -4.45. The molecule has 0 saturated carbocycles. The van der Waals surface area contributed by atoms with E-state index in [1.165, 1.54) is 11.1 Å². The topological polar surface area (TPSA) is 97.3 Å². The number of amides is 1. The van der Waals surface area contributed by atoms with Crippen molar-refractivity contribution in [1.82, 2.24) is 19.4 Å². The highest BCUT2D eigenvalue weighted by atomic mass is 32.1. The molecule has 0 spiro atoms. The van der Waals surface area contributed by atoms with Crippen molar-refractivity contribution in [3.8, 4) is 22.1 Å². The van der Waals surface area contributed by atoms with Crippen LogP contribution in [0.4, 0.5) is 13.2 Å². The van der Waals surface area contributed by atoms with Crippen LogP contribution in [0.5, 0.6) is 11.6 Å². The van der Waals surface area contributed by atoms with E-state index < -0.39 is 30.4 Å². The van der Waals surface area contributed by atoms with Crippen LogP contribution in [0.2, 0.25) is 0 Å². The first kappa shape index (κ1) is 25.2. The molecule has 1 amide bonds. The Bertz CT molecular complexity index is 1540. The molecule has 3 heterocycles. The molecule has 0 aliphatic carbocycles. The number of halogens is 3. The van der Waals surface area contributed by atoms with Crippen LogP contribution >= 0.6 is 11.3 Å². The summed E-state index contributed by atoms with van der Waals surface area (Å²) in [7, 11) is 3.32. The fourth-order valence-corrected chi connectivity index (χ4v) is 4.93. The number of benzene rings is 1. The largest absolute Gasteiger partial charge is 0.439 e. The SMILES string of the molecule is Cc1c(-c2ccc(Oc3ccc(C(=O)N(C)C)cc3)nc2)sc2c1c(=O)[nH]c(=O)n2CCC(F)(F)F. The molecule has 4 rings (SSSR count). The molecular formula is C24H21F3N4O4S. The Morgan fingerprint density at radius 3 is 2.42 bits per heavy atom. The number of alkyl halides is 3. The number of H-pyrrole nitrogens is 1. The monoisotopic (exact) mass is 518 g/mol. The molecule has 36 heavy (non-hydrogen) atoms. The van der Waals surface area contributed by atoms with Gasteiger partial charge in [0, 0.05) is 48.9 Å². The average Bonchev–Trinajstić information content (AvgIpc) is 3.16. The molecule has 1 aromatic carbocycles. The maximum atomic E-state index is 12.8. The Morgan fingerprint density at radius 2 is 1.83 bits per heavy atom. The molecule has 0 unspecified atom stereocenters. The van der Waals surface area contributed by atoms with Gasteiger partial charge in [-0.3, -0.25) is 19.1 Å². The number of aromatic nitrogens is 3. The van der Waals surface area contributed by atoms with Crippen molar-refractivity contribution >= 4 is 27.5 Å².